The van der Waals surface area contributed by atoms with Crippen molar-refractivity contribution in [1.29, 1.82) is 5.26 Å². The van der Waals surface area contributed by atoms with E-state index in [4.69, 9.17) is 16.9 Å². The lowest BCUT2D eigenvalue weighted by atomic mass is 10.1. The Labute approximate surface area is 120 Å². The zero-order valence-corrected chi connectivity index (χ0v) is 10.7. The van der Waals surface area contributed by atoms with Crippen molar-refractivity contribution in [3.63, 3.8) is 0 Å². The zero-order chi connectivity index (χ0) is 15.7. The summed E-state index contributed by atoms with van der Waals surface area (Å²) in [5.41, 5.74) is -1.64. The Balaban J connectivity index is 2.62. The summed E-state index contributed by atoms with van der Waals surface area (Å²) in [5.74, 6) is -10.5. The van der Waals surface area contributed by atoms with Gasteiger partial charge < -0.3 is 5.32 Å². The third-order valence-electron chi connectivity index (χ3n) is 2.59. The number of nitrogens with one attached hydrogen (secondary N) is 1. The molecule has 0 radical (unpaired) electrons. The molecule has 0 aliphatic carbocycles. The van der Waals surface area contributed by atoms with Crippen LogP contribution < -0.4 is 5.32 Å². The number of hydrogen-bond acceptors (Lipinski definition) is 2. The van der Waals surface area contributed by atoms with E-state index >= 15 is 0 Å². The van der Waals surface area contributed by atoms with Gasteiger partial charge in [0.15, 0.2) is 23.3 Å². The second-order valence-corrected chi connectivity index (χ2v) is 4.25. The van der Waals surface area contributed by atoms with Crippen LogP contribution in [-0.4, -0.2) is 0 Å². The molecule has 0 unspecified atom stereocenters. The van der Waals surface area contributed by atoms with E-state index in [2.05, 4.69) is 0 Å². The average molecular weight is 319 g/mol. The maximum absolute atomic E-state index is 13.5. The summed E-state index contributed by atoms with van der Waals surface area (Å²) in [6.07, 6.45) is 0. The first-order valence-corrected chi connectivity index (χ1v) is 5.73. The van der Waals surface area contributed by atoms with Crippen molar-refractivity contribution in [1.82, 2.24) is 0 Å². The van der Waals surface area contributed by atoms with Gasteiger partial charge in [-0.05, 0) is 12.1 Å². The summed E-state index contributed by atoms with van der Waals surface area (Å²) in [6, 6.07) is 5.56. The first-order valence-electron chi connectivity index (χ1n) is 5.35. The molecule has 0 fully saturated rings. The van der Waals surface area contributed by atoms with Gasteiger partial charge in [0.2, 0.25) is 5.82 Å². The summed E-state index contributed by atoms with van der Waals surface area (Å²) >= 11 is 5.70. The number of benzene rings is 2. The quantitative estimate of drug-likeness (QED) is 0.497. The molecule has 108 valence electrons. The molecule has 0 aromatic heterocycles. The van der Waals surface area contributed by atoms with Gasteiger partial charge in [0.25, 0.3) is 0 Å². The highest BCUT2D eigenvalue weighted by molar-refractivity contribution is 6.32. The molecular weight excluding hydrogens is 315 g/mol. The van der Waals surface area contributed by atoms with Gasteiger partial charge in [0.1, 0.15) is 11.8 Å². The Kier molecular flexibility index (Phi) is 4.00. The largest absolute Gasteiger partial charge is 0.349 e. The third kappa shape index (κ3) is 2.50. The molecule has 0 saturated heterocycles. The number of nitriles is 1. The lowest BCUT2D eigenvalue weighted by Gasteiger charge is -2.12. The first-order chi connectivity index (χ1) is 9.88. The van der Waals surface area contributed by atoms with Crippen molar-refractivity contribution in [2.45, 2.75) is 0 Å². The lowest BCUT2D eigenvalue weighted by Crippen LogP contribution is -2.07. The number of rotatable bonds is 2. The van der Waals surface area contributed by atoms with Crippen molar-refractivity contribution >= 4 is 23.0 Å². The van der Waals surface area contributed by atoms with Gasteiger partial charge >= 0.3 is 0 Å². The second kappa shape index (κ2) is 5.58. The summed E-state index contributed by atoms with van der Waals surface area (Å²) in [7, 11) is 0. The fourth-order valence-corrected chi connectivity index (χ4v) is 1.81. The van der Waals surface area contributed by atoms with Crippen molar-refractivity contribution in [3.05, 3.63) is 57.9 Å². The van der Waals surface area contributed by atoms with E-state index in [-0.39, 0.29) is 16.3 Å². The van der Waals surface area contributed by atoms with Crippen molar-refractivity contribution < 1.29 is 22.0 Å². The molecule has 2 nitrogen and oxygen atoms in total. The zero-order valence-electron chi connectivity index (χ0n) is 9.95. The Bertz CT molecular complexity index is 741. The second-order valence-electron chi connectivity index (χ2n) is 3.84. The Morgan fingerprint density at radius 2 is 1.43 bits per heavy atom. The van der Waals surface area contributed by atoms with Crippen LogP contribution in [0.4, 0.5) is 33.3 Å². The van der Waals surface area contributed by atoms with E-state index in [1.807, 2.05) is 5.32 Å². The van der Waals surface area contributed by atoms with Crippen LogP contribution in [0.15, 0.2) is 18.2 Å². The molecule has 8 heteroatoms. The smallest absolute Gasteiger partial charge is 0.200 e. The van der Waals surface area contributed by atoms with Gasteiger partial charge in [0.05, 0.1) is 16.3 Å². The van der Waals surface area contributed by atoms with Gasteiger partial charge in [-0.25, -0.2) is 22.0 Å². The minimum Gasteiger partial charge on any atom is -0.349 e. The van der Waals surface area contributed by atoms with E-state index in [9.17, 15) is 22.0 Å². The highest BCUT2D eigenvalue weighted by atomic mass is 35.5. The Morgan fingerprint density at radius 3 is 1.95 bits per heavy atom. The normalized spacial score (nSPS) is 10.3. The molecule has 2 rings (SSSR count). The van der Waals surface area contributed by atoms with Crippen molar-refractivity contribution in [2.24, 2.45) is 0 Å². The van der Waals surface area contributed by atoms with Gasteiger partial charge in [-0.3, -0.25) is 0 Å². The van der Waals surface area contributed by atoms with Crippen LogP contribution in [0.2, 0.25) is 5.02 Å². The van der Waals surface area contributed by atoms with Gasteiger partial charge in [-0.2, -0.15) is 5.26 Å². The summed E-state index contributed by atoms with van der Waals surface area (Å²) in [6.45, 7) is 0. The van der Waals surface area contributed by atoms with Crippen LogP contribution in [-0.2, 0) is 0 Å². The summed E-state index contributed by atoms with van der Waals surface area (Å²) < 4.78 is 66.1. The lowest BCUT2D eigenvalue weighted by molar-refractivity contribution is 0.382. The maximum atomic E-state index is 13.5. The van der Waals surface area contributed by atoms with Crippen LogP contribution in [0.3, 0.4) is 0 Å². The maximum Gasteiger partial charge on any atom is 0.200 e. The predicted molar refractivity (Wildman–Crippen MR) is 65.7 cm³/mol. The Hall–Kier alpha value is -2.33. The number of hydrogen-bond donors (Lipinski definition) is 1. The molecule has 2 aromatic carbocycles. The molecule has 0 aliphatic rings. The van der Waals surface area contributed by atoms with Crippen LogP contribution in [0.1, 0.15) is 5.56 Å². The summed E-state index contributed by atoms with van der Waals surface area (Å²) in [5, 5.41) is 10.9. The van der Waals surface area contributed by atoms with Gasteiger partial charge in [-0.1, -0.05) is 17.7 Å². The molecule has 2 aromatic rings. The molecular formula is C13H4ClF5N2. The molecule has 0 amide bonds. The minimum absolute atomic E-state index is 0.0358. The van der Waals surface area contributed by atoms with Crippen LogP contribution in [0.25, 0.3) is 0 Å². The third-order valence-corrected chi connectivity index (χ3v) is 2.91. The number of nitrogens with zero attached hydrogens (tertiary/aromatic N) is 1. The SMILES string of the molecule is N#Cc1c(Cl)cccc1Nc1c(F)c(F)c(F)c(F)c1F. The monoisotopic (exact) mass is 318 g/mol. The highest BCUT2D eigenvalue weighted by Gasteiger charge is 2.26. The molecule has 0 atom stereocenters. The van der Waals surface area contributed by atoms with Crippen LogP contribution >= 0.6 is 11.6 Å². The van der Waals surface area contributed by atoms with E-state index in [0.29, 0.717) is 0 Å². The topological polar surface area (TPSA) is 35.8 Å². The molecule has 0 spiro atoms. The highest BCUT2D eigenvalue weighted by Crippen LogP contribution is 2.32. The number of halogens is 6. The van der Waals surface area contributed by atoms with Gasteiger partial charge in [-0.15, -0.1) is 0 Å². The molecule has 0 bridgehead atoms. The molecule has 1 N–H and O–H groups in total. The molecule has 0 saturated carbocycles. The molecule has 0 aliphatic heterocycles. The van der Waals surface area contributed by atoms with Crippen LogP contribution in [0.5, 0.6) is 0 Å². The van der Waals surface area contributed by atoms with Crippen molar-refractivity contribution in [3.8, 4) is 6.07 Å². The van der Waals surface area contributed by atoms with E-state index in [0.717, 1.165) is 0 Å². The van der Waals surface area contributed by atoms with E-state index in [1.165, 1.54) is 18.2 Å². The Morgan fingerprint density at radius 1 is 0.905 bits per heavy atom. The van der Waals surface area contributed by atoms with Gasteiger partial charge in [0, 0.05) is 0 Å². The first kappa shape index (κ1) is 15.1. The predicted octanol–water partition coefficient (Wildman–Crippen LogP) is 4.65. The van der Waals surface area contributed by atoms with E-state index < -0.39 is 34.8 Å². The van der Waals surface area contributed by atoms with E-state index in [1.54, 1.807) is 6.07 Å². The number of anilines is 2. The molecule has 0 heterocycles. The minimum atomic E-state index is -2.26. The fourth-order valence-electron chi connectivity index (χ4n) is 1.59. The standard InChI is InChI=1S/C13H4ClF5N2/c14-6-2-1-3-7(5(6)4-20)21-13-11(18)9(16)8(15)10(17)12(13)19/h1-3,21H. The van der Waals surface area contributed by atoms with Crippen LogP contribution in [0, 0.1) is 40.4 Å². The molecule has 21 heavy (non-hydrogen) atoms. The average Bonchev–Trinajstić information content (AvgIpc) is 2.47. The fraction of sp³-hybridized carbons (Fsp3) is 0. The summed E-state index contributed by atoms with van der Waals surface area (Å²) in [4.78, 5) is 0. The van der Waals surface area contributed by atoms with Crippen molar-refractivity contribution in [2.75, 3.05) is 5.32 Å².